The molecule has 0 bridgehead atoms. The van der Waals surface area contributed by atoms with E-state index in [-0.39, 0.29) is 10.9 Å². The van der Waals surface area contributed by atoms with Crippen LogP contribution < -0.4 is 16.0 Å². The number of hydrogen-bond acceptors (Lipinski definition) is 6. The van der Waals surface area contributed by atoms with Crippen LogP contribution in [0.25, 0.3) is 0 Å². The maximum Gasteiger partial charge on any atom is 0.245 e. The quantitative estimate of drug-likeness (QED) is 0.730. The first-order valence-corrected chi connectivity index (χ1v) is 7.29. The second kappa shape index (κ2) is 7.28. The molecule has 3 N–H and O–H groups in total. The number of nitrogens with two attached hydrogens (primary N) is 1. The minimum atomic E-state index is -0.449. The molecule has 0 radical (unpaired) electrons. The molecular formula is C13H19N5O2S. The van der Waals surface area contributed by atoms with Gasteiger partial charge in [0.25, 0.3) is 0 Å². The van der Waals surface area contributed by atoms with Gasteiger partial charge in [-0.15, -0.1) is 0 Å². The monoisotopic (exact) mass is 309 g/mol. The van der Waals surface area contributed by atoms with Crippen molar-refractivity contribution in [3.63, 3.8) is 0 Å². The lowest BCUT2D eigenvalue weighted by atomic mass is 10.2. The second-order valence-corrected chi connectivity index (χ2v) is 5.11. The van der Waals surface area contributed by atoms with Crippen LogP contribution in [0.5, 0.6) is 0 Å². The molecule has 1 fully saturated rings. The molecule has 0 saturated carbocycles. The van der Waals surface area contributed by atoms with E-state index in [9.17, 15) is 4.79 Å². The van der Waals surface area contributed by atoms with Crippen molar-refractivity contribution >= 4 is 28.9 Å². The van der Waals surface area contributed by atoms with Crippen molar-refractivity contribution in [3.05, 3.63) is 18.1 Å². The molecule has 1 saturated heterocycles. The molecule has 1 aliphatic rings. The minimum absolute atomic E-state index is 0.0870. The molecule has 1 aromatic heterocycles. The maximum atomic E-state index is 12.3. The number of morpholine rings is 1. The number of aromatic nitrogens is 2. The van der Waals surface area contributed by atoms with E-state index < -0.39 is 6.04 Å². The Morgan fingerprint density at radius 3 is 3.05 bits per heavy atom. The van der Waals surface area contributed by atoms with E-state index in [0.717, 1.165) is 6.42 Å². The first-order valence-electron chi connectivity index (χ1n) is 6.88. The zero-order chi connectivity index (χ0) is 15.2. The van der Waals surface area contributed by atoms with Crippen molar-refractivity contribution in [2.75, 3.05) is 31.2 Å². The summed E-state index contributed by atoms with van der Waals surface area (Å²) in [5.74, 6) is 0.445. The van der Waals surface area contributed by atoms with Crippen molar-refractivity contribution in [1.82, 2.24) is 15.3 Å². The van der Waals surface area contributed by atoms with E-state index in [4.69, 9.17) is 22.7 Å². The number of hydrogen-bond donors (Lipinski definition) is 2. The summed E-state index contributed by atoms with van der Waals surface area (Å²) in [5, 5.41) is 2.88. The van der Waals surface area contributed by atoms with Crippen molar-refractivity contribution in [2.45, 2.75) is 19.4 Å². The van der Waals surface area contributed by atoms with Gasteiger partial charge >= 0.3 is 0 Å². The lowest BCUT2D eigenvalue weighted by Crippen LogP contribution is -2.54. The fourth-order valence-electron chi connectivity index (χ4n) is 2.16. The highest BCUT2D eigenvalue weighted by Crippen LogP contribution is 2.20. The molecule has 1 aromatic rings. The topological polar surface area (TPSA) is 93.4 Å². The number of thiocarbonyl (C=S) groups is 1. The van der Waals surface area contributed by atoms with Crippen LogP contribution in [0.2, 0.25) is 0 Å². The minimum Gasteiger partial charge on any atom is -0.388 e. The Balaban J connectivity index is 2.26. The molecule has 1 aliphatic heterocycles. The number of ether oxygens (including phenoxy) is 1. The zero-order valence-corrected chi connectivity index (χ0v) is 12.7. The Morgan fingerprint density at radius 1 is 1.57 bits per heavy atom. The third-order valence-corrected chi connectivity index (χ3v) is 3.36. The standard InChI is InChI=1S/C13H19N5O2S/c1-2-3-17-13(19)9-8-20-7-6-18(9)12-10(11(14)21)15-4-5-16-12/h4-5,9H,2-3,6-8H2,1H3,(H2,14,21)(H,17,19). The predicted molar refractivity (Wildman–Crippen MR) is 83.2 cm³/mol. The Kier molecular flexibility index (Phi) is 5.40. The SMILES string of the molecule is CCCNC(=O)C1COCCN1c1nccnc1C(N)=S. The van der Waals surface area contributed by atoms with Gasteiger partial charge in [-0.25, -0.2) is 9.97 Å². The van der Waals surface area contributed by atoms with E-state index in [1.807, 2.05) is 11.8 Å². The van der Waals surface area contributed by atoms with Crippen LogP contribution in [0.4, 0.5) is 5.82 Å². The molecule has 0 aliphatic carbocycles. The van der Waals surface area contributed by atoms with Crippen molar-refractivity contribution in [2.24, 2.45) is 5.73 Å². The smallest absolute Gasteiger partial charge is 0.245 e. The van der Waals surface area contributed by atoms with E-state index in [0.29, 0.717) is 37.8 Å². The predicted octanol–water partition coefficient (Wildman–Crippen LogP) is -0.158. The Hall–Kier alpha value is -1.80. The Bertz CT molecular complexity index is 525. The summed E-state index contributed by atoms with van der Waals surface area (Å²) in [6.07, 6.45) is 3.97. The van der Waals surface area contributed by atoms with Crippen LogP contribution in [-0.2, 0) is 9.53 Å². The largest absolute Gasteiger partial charge is 0.388 e. The first kappa shape index (κ1) is 15.6. The number of carbonyl (C=O) groups is 1. The number of carbonyl (C=O) groups excluding carboxylic acids is 1. The number of amides is 1. The Labute approximate surface area is 128 Å². The van der Waals surface area contributed by atoms with Crippen LogP contribution in [0.3, 0.4) is 0 Å². The highest BCUT2D eigenvalue weighted by Gasteiger charge is 2.32. The van der Waals surface area contributed by atoms with E-state index in [1.165, 1.54) is 6.20 Å². The van der Waals surface area contributed by atoms with Gasteiger partial charge in [0.05, 0.1) is 13.2 Å². The molecule has 2 heterocycles. The zero-order valence-electron chi connectivity index (χ0n) is 11.9. The third kappa shape index (κ3) is 3.64. The number of nitrogens with one attached hydrogen (secondary N) is 1. The van der Waals surface area contributed by atoms with Crippen LogP contribution in [0.15, 0.2) is 12.4 Å². The lowest BCUT2D eigenvalue weighted by Gasteiger charge is -2.35. The van der Waals surface area contributed by atoms with Gasteiger partial charge < -0.3 is 20.7 Å². The maximum absolute atomic E-state index is 12.3. The summed E-state index contributed by atoms with van der Waals surface area (Å²) in [4.78, 5) is 22.8. The first-order chi connectivity index (χ1) is 10.1. The van der Waals surface area contributed by atoms with Crippen LogP contribution in [0, 0.1) is 0 Å². The summed E-state index contributed by atoms with van der Waals surface area (Å²) in [6.45, 7) is 4.00. The van der Waals surface area contributed by atoms with Gasteiger partial charge in [0, 0.05) is 25.5 Å². The number of anilines is 1. The fraction of sp³-hybridized carbons (Fsp3) is 0.538. The van der Waals surface area contributed by atoms with Gasteiger partial charge in [-0.05, 0) is 6.42 Å². The molecule has 21 heavy (non-hydrogen) atoms. The van der Waals surface area contributed by atoms with Crippen molar-refractivity contribution < 1.29 is 9.53 Å². The molecule has 1 atom stereocenters. The molecule has 1 unspecified atom stereocenters. The fourth-order valence-corrected chi connectivity index (χ4v) is 2.30. The number of rotatable bonds is 5. The molecule has 7 nitrogen and oxygen atoms in total. The van der Waals surface area contributed by atoms with Gasteiger partial charge in [0.15, 0.2) is 5.82 Å². The lowest BCUT2D eigenvalue weighted by molar-refractivity contribution is -0.124. The average molecular weight is 309 g/mol. The summed E-state index contributed by atoms with van der Waals surface area (Å²) >= 11 is 5.01. The summed E-state index contributed by atoms with van der Waals surface area (Å²) in [5.41, 5.74) is 6.13. The number of nitrogens with zero attached hydrogens (tertiary/aromatic N) is 3. The third-order valence-electron chi connectivity index (χ3n) is 3.16. The highest BCUT2D eigenvalue weighted by atomic mass is 32.1. The summed E-state index contributed by atoms with van der Waals surface area (Å²) in [7, 11) is 0. The van der Waals surface area contributed by atoms with E-state index >= 15 is 0 Å². The summed E-state index contributed by atoms with van der Waals surface area (Å²) < 4.78 is 5.42. The van der Waals surface area contributed by atoms with Gasteiger partial charge in [-0.2, -0.15) is 0 Å². The molecule has 114 valence electrons. The molecule has 1 amide bonds. The van der Waals surface area contributed by atoms with Crippen LogP contribution >= 0.6 is 12.2 Å². The van der Waals surface area contributed by atoms with Crippen molar-refractivity contribution in [3.8, 4) is 0 Å². The van der Waals surface area contributed by atoms with Gasteiger partial charge in [0.1, 0.15) is 16.7 Å². The normalized spacial score (nSPS) is 18.3. The Morgan fingerprint density at radius 2 is 2.33 bits per heavy atom. The van der Waals surface area contributed by atoms with Gasteiger partial charge in [0.2, 0.25) is 5.91 Å². The molecular weight excluding hydrogens is 290 g/mol. The van der Waals surface area contributed by atoms with Crippen LogP contribution in [0.1, 0.15) is 19.0 Å². The molecule has 0 spiro atoms. The van der Waals surface area contributed by atoms with Gasteiger partial charge in [-0.3, -0.25) is 4.79 Å². The van der Waals surface area contributed by atoms with Crippen LogP contribution in [-0.4, -0.2) is 53.2 Å². The molecule has 0 aromatic carbocycles. The van der Waals surface area contributed by atoms with E-state index in [1.54, 1.807) is 6.20 Å². The second-order valence-electron chi connectivity index (χ2n) is 4.67. The van der Waals surface area contributed by atoms with Gasteiger partial charge in [-0.1, -0.05) is 19.1 Å². The average Bonchev–Trinajstić information content (AvgIpc) is 2.52. The molecule has 2 rings (SSSR count). The van der Waals surface area contributed by atoms with Crippen molar-refractivity contribution in [1.29, 1.82) is 0 Å². The summed E-state index contributed by atoms with van der Waals surface area (Å²) in [6, 6.07) is -0.449. The van der Waals surface area contributed by atoms with E-state index in [2.05, 4.69) is 15.3 Å². The highest BCUT2D eigenvalue weighted by molar-refractivity contribution is 7.80. The molecule has 8 heteroatoms.